The molecular weight excluding hydrogens is 722 g/mol. The van der Waals surface area contributed by atoms with Gasteiger partial charge < -0.3 is 19.1 Å². The number of carbonyl (C=O) groups is 3. The Labute approximate surface area is 306 Å². The number of nitro groups is 1. The first-order valence-corrected chi connectivity index (χ1v) is 19.2. The minimum atomic E-state index is -3.80. The minimum Gasteiger partial charge on any atom is -0.479 e. The van der Waals surface area contributed by atoms with Crippen LogP contribution in [0.1, 0.15) is 69.6 Å². The highest BCUT2D eigenvalue weighted by Gasteiger charge is 2.35. The van der Waals surface area contributed by atoms with Gasteiger partial charge in [-0.2, -0.15) is 0 Å². The largest absolute Gasteiger partial charge is 0.479 e. The average molecular weight is 764 g/mol. The van der Waals surface area contributed by atoms with E-state index in [1.54, 1.807) is 76.8 Å². The molecule has 0 bridgehead atoms. The maximum Gasteiger partial charge on any atom is 0.352 e. The van der Waals surface area contributed by atoms with Crippen molar-refractivity contribution in [1.29, 1.82) is 0 Å². The molecule has 0 radical (unpaired) electrons. The Bertz CT molecular complexity index is 1880. The molecule has 2 aromatic carbocycles. The summed E-state index contributed by atoms with van der Waals surface area (Å²) in [4.78, 5) is 51.9. The zero-order valence-corrected chi connectivity index (χ0v) is 31.7. The Morgan fingerprint density at radius 1 is 1.10 bits per heavy atom. The van der Waals surface area contributed by atoms with Gasteiger partial charge in [-0.15, -0.1) is 11.3 Å². The lowest BCUT2D eigenvalue weighted by Crippen LogP contribution is -2.50. The molecule has 51 heavy (non-hydrogen) atoms. The van der Waals surface area contributed by atoms with Gasteiger partial charge in [-0.1, -0.05) is 49.7 Å². The van der Waals surface area contributed by atoms with Crippen LogP contribution in [0, 0.1) is 16.0 Å². The lowest BCUT2D eigenvalue weighted by atomic mass is 10.0. The lowest BCUT2D eigenvalue weighted by Gasteiger charge is -2.39. The third-order valence-corrected chi connectivity index (χ3v) is 11.3. The molecule has 1 aliphatic rings. The Morgan fingerprint density at radius 2 is 1.76 bits per heavy atom. The molecule has 1 aliphatic heterocycles. The van der Waals surface area contributed by atoms with Crippen LogP contribution in [0.15, 0.2) is 48.5 Å². The number of hydrogen-bond acceptors (Lipinski definition) is 11. The molecule has 2 heterocycles. The van der Waals surface area contributed by atoms with Gasteiger partial charge in [-0.05, 0) is 63.8 Å². The van der Waals surface area contributed by atoms with E-state index >= 15 is 0 Å². The molecule has 1 saturated heterocycles. The molecule has 16 heteroatoms. The third-order valence-electron chi connectivity index (χ3n) is 7.80. The summed E-state index contributed by atoms with van der Waals surface area (Å²) in [6.45, 7) is 10.4. The van der Waals surface area contributed by atoms with Crippen LogP contribution < -0.4 is 9.64 Å². The van der Waals surface area contributed by atoms with Crippen LogP contribution in [0.4, 0.5) is 11.4 Å². The fourth-order valence-electron chi connectivity index (χ4n) is 5.54. The number of ether oxygens (including phenoxy) is 3. The molecule has 1 fully saturated rings. The van der Waals surface area contributed by atoms with Crippen LogP contribution in [0.3, 0.4) is 0 Å². The van der Waals surface area contributed by atoms with Gasteiger partial charge >= 0.3 is 11.9 Å². The number of benzene rings is 2. The summed E-state index contributed by atoms with van der Waals surface area (Å²) >= 11 is 7.86. The molecule has 0 N–H and O–H groups in total. The molecule has 0 atom stereocenters. The summed E-state index contributed by atoms with van der Waals surface area (Å²) in [5.41, 5.74) is 0.451. The molecule has 0 unspecified atom stereocenters. The van der Waals surface area contributed by atoms with Gasteiger partial charge in [0.2, 0.25) is 15.9 Å². The number of non-ortho nitro benzene ring substituents is 1. The first kappa shape index (κ1) is 39.7. The highest BCUT2D eigenvalue weighted by molar-refractivity contribution is 7.88. The van der Waals surface area contributed by atoms with E-state index in [0.717, 1.165) is 11.3 Å². The van der Waals surface area contributed by atoms with Gasteiger partial charge in [0, 0.05) is 42.9 Å². The van der Waals surface area contributed by atoms with Crippen molar-refractivity contribution in [3.05, 3.63) is 74.1 Å². The standard InChI is InChI=1S/C35H42ClN3O10S2/c1-7-47-28(40)20-48-30-29(36)31(50-32(30)34(42)49-35(4,5)6)24-11-9-12-26(19-24)38(33(41)22(2)3)25-14-16-37(17-15-25)51(45,46)21-23-10-8-13-27(18-23)39(43)44/h8-13,18-19,22,25H,7,14-17,20-21H2,1-6H3. The monoisotopic (exact) mass is 763 g/mol. The number of thiophene rings is 1. The van der Waals surface area contributed by atoms with E-state index in [2.05, 4.69) is 0 Å². The van der Waals surface area contributed by atoms with Gasteiger partial charge in [0.1, 0.15) is 10.6 Å². The van der Waals surface area contributed by atoms with Crippen LogP contribution in [-0.4, -0.2) is 73.4 Å². The molecule has 13 nitrogen and oxygen atoms in total. The van der Waals surface area contributed by atoms with Crippen molar-refractivity contribution in [3.8, 4) is 16.2 Å². The van der Waals surface area contributed by atoms with Crippen LogP contribution in [0.2, 0.25) is 5.02 Å². The number of anilines is 1. The third kappa shape index (κ3) is 10.1. The molecule has 0 aliphatic carbocycles. The van der Waals surface area contributed by atoms with Gasteiger partial charge in [0.05, 0.1) is 22.2 Å². The number of halogens is 1. The summed E-state index contributed by atoms with van der Waals surface area (Å²) in [5.74, 6) is -2.25. The topological polar surface area (TPSA) is 163 Å². The number of amides is 1. The molecule has 0 saturated carbocycles. The molecule has 276 valence electrons. The number of hydrogen-bond donors (Lipinski definition) is 0. The quantitative estimate of drug-likeness (QED) is 0.102. The predicted molar refractivity (Wildman–Crippen MR) is 195 cm³/mol. The van der Waals surface area contributed by atoms with Crippen molar-refractivity contribution in [2.24, 2.45) is 5.92 Å². The van der Waals surface area contributed by atoms with E-state index in [1.807, 2.05) is 0 Å². The molecule has 1 amide bonds. The van der Waals surface area contributed by atoms with Crippen molar-refractivity contribution in [1.82, 2.24) is 4.31 Å². The van der Waals surface area contributed by atoms with E-state index in [9.17, 15) is 32.9 Å². The number of nitro benzene ring substituents is 1. The lowest BCUT2D eigenvalue weighted by molar-refractivity contribution is -0.384. The number of piperidine rings is 1. The summed E-state index contributed by atoms with van der Waals surface area (Å²) in [5, 5.41) is 11.3. The summed E-state index contributed by atoms with van der Waals surface area (Å²) in [7, 11) is -3.80. The summed E-state index contributed by atoms with van der Waals surface area (Å²) in [6.07, 6.45) is 0.705. The second-order valence-corrected chi connectivity index (χ2v) is 16.6. The average Bonchev–Trinajstić information content (AvgIpc) is 3.39. The second-order valence-electron chi connectivity index (χ2n) is 13.2. The normalized spacial score (nSPS) is 14.3. The fourth-order valence-corrected chi connectivity index (χ4v) is 8.53. The van der Waals surface area contributed by atoms with Gasteiger partial charge in [0.15, 0.2) is 17.2 Å². The van der Waals surface area contributed by atoms with E-state index in [0.29, 0.717) is 34.5 Å². The van der Waals surface area contributed by atoms with E-state index in [4.69, 9.17) is 25.8 Å². The highest BCUT2D eigenvalue weighted by Crippen LogP contribution is 2.47. The SMILES string of the molecule is CCOC(=O)COc1c(C(=O)OC(C)(C)C)sc(-c2cccc(N(C(=O)C(C)C)C3CCN(S(=O)(=O)Cc4cccc([N+](=O)[O-])c4)CC3)c2)c1Cl. The molecule has 0 spiro atoms. The van der Waals surface area contributed by atoms with Crippen LogP contribution in [-0.2, 0) is 34.8 Å². The highest BCUT2D eigenvalue weighted by atomic mass is 35.5. The Morgan fingerprint density at radius 3 is 2.37 bits per heavy atom. The zero-order chi connectivity index (χ0) is 37.7. The van der Waals surface area contributed by atoms with E-state index in [1.165, 1.54) is 22.5 Å². The molecular formula is C35H42ClN3O10S2. The Kier molecular flexibility index (Phi) is 12.9. The number of rotatable bonds is 13. The van der Waals surface area contributed by atoms with Crippen LogP contribution >= 0.6 is 22.9 Å². The number of esters is 2. The van der Waals surface area contributed by atoms with Gasteiger partial charge in [-0.3, -0.25) is 14.9 Å². The molecule has 4 rings (SSSR count). The minimum absolute atomic E-state index is 0.0156. The van der Waals surface area contributed by atoms with Crippen molar-refractivity contribution in [2.75, 3.05) is 31.2 Å². The first-order valence-electron chi connectivity index (χ1n) is 16.4. The number of carbonyl (C=O) groups excluding carboxylic acids is 3. The van der Waals surface area contributed by atoms with E-state index in [-0.39, 0.29) is 64.7 Å². The van der Waals surface area contributed by atoms with Crippen molar-refractivity contribution in [2.45, 2.75) is 71.8 Å². The van der Waals surface area contributed by atoms with Crippen LogP contribution in [0.5, 0.6) is 5.75 Å². The van der Waals surface area contributed by atoms with Crippen molar-refractivity contribution >= 4 is 62.2 Å². The number of sulfonamides is 1. The fraction of sp³-hybridized carbons (Fsp3) is 0.457. The summed E-state index contributed by atoms with van der Waals surface area (Å²) in [6, 6.07) is 12.3. The summed E-state index contributed by atoms with van der Waals surface area (Å²) < 4.78 is 44.3. The zero-order valence-electron chi connectivity index (χ0n) is 29.3. The second kappa shape index (κ2) is 16.5. The Balaban J connectivity index is 1.62. The smallest absolute Gasteiger partial charge is 0.352 e. The molecule has 3 aromatic rings. The predicted octanol–water partition coefficient (Wildman–Crippen LogP) is 6.86. The first-order chi connectivity index (χ1) is 23.9. The maximum atomic E-state index is 13.7. The molecule has 1 aromatic heterocycles. The van der Waals surface area contributed by atoms with Crippen molar-refractivity contribution in [3.63, 3.8) is 0 Å². The van der Waals surface area contributed by atoms with Crippen molar-refractivity contribution < 1.29 is 41.9 Å². The van der Waals surface area contributed by atoms with E-state index < -0.39 is 39.1 Å². The van der Waals surface area contributed by atoms with Gasteiger partial charge in [0.25, 0.3) is 5.69 Å². The number of nitrogens with zero attached hydrogens (tertiary/aromatic N) is 3. The van der Waals surface area contributed by atoms with Crippen LogP contribution in [0.25, 0.3) is 10.4 Å². The van der Waals surface area contributed by atoms with Gasteiger partial charge in [-0.25, -0.2) is 22.3 Å². The Hall–Kier alpha value is -4.05. The maximum absolute atomic E-state index is 13.7.